The lowest BCUT2D eigenvalue weighted by atomic mass is 10.0. The van der Waals surface area contributed by atoms with Crippen LogP contribution in [0.2, 0.25) is 20.1 Å². The van der Waals surface area contributed by atoms with Gasteiger partial charge >= 0.3 is 0 Å². The normalized spacial score (nSPS) is 19.7. The van der Waals surface area contributed by atoms with Gasteiger partial charge in [0.2, 0.25) is 23.7 Å². The topological polar surface area (TPSA) is 225 Å². The van der Waals surface area contributed by atoms with Gasteiger partial charge in [-0.3, -0.25) is 14.5 Å². The third kappa shape index (κ3) is 11.3. The van der Waals surface area contributed by atoms with Crippen molar-refractivity contribution in [1.82, 2.24) is 45.4 Å². The Labute approximate surface area is 471 Å². The summed E-state index contributed by atoms with van der Waals surface area (Å²) in [5.41, 5.74) is 2.17. The highest BCUT2D eigenvalue weighted by Crippen LogP contribution is 2.49. The van der Waals surface area contributed by atoms with Crippen molar-refractivity contribution in [3.8, 4) is 45.5 Å². The summed E-state index contributed by atoms with van der Waals surface area (Å²) in [4.78, 5) is 58.7. The number of nitrogens with zero attached hydrogens (tertiary/aromatic N) is 9. The van der Waals surface area contributed by atoms with Crippen molar-refractivity contribution in [1.29, 1.82) is 0 Å². The second kappa shape index (κ2) is 23.1. The summed E-state index contributed by atoms with van der Waals surface area (Å²) in [5.74, 6) is -1.28. The maximum atomic E-state index is 14.5. The molecule has 0 aliphatic carbocycles. The first-order chi connectivity index (χ1) is 38.0. The molecule has 2 aromatic carbocycles. The van der Waals surface area contributed by atoms with E-state index < -0.39 is 25.1 Å². The molecule has 4 N–H and O–H groups in total. The first-order valence-corrected chi connectivity index (χ1v) is 26.3. The molecule has 416 valence electrons. The van der Waals surface area contributed by atoms with Crippen molar-refractivity contribution >= 4 is 104 Å². The van der Waals surface area contributed by atoms with Crippen LogP contribution in [0.5, 0.6) is 23.0 Å². The standard InChI is InChI=1S/C52H53Cl4F2N13O8/c1-7-38(72)61-30-19-77-21-32(30)65-50-59-15-25-11-28(40-42(53)34(74-4)13-35(75-5)43(40)54)63-48(46(25)67-50)70-17-27(18-70)69(3)9-10-79-37-14-36(76-6)44(55)41(45(37)56)29-12-26-16-60-51(66-33-22-78-20-31(33)62-39(73)8-2)68-47(26)49(64-29)71-23-52(57,58)24-71/h7-8,11-16,27,30-33H,1-2,9-10,17-24H2,3-6H3,(H,61,72)(H,62,73)(H,59,65,67)(H,60,66,68)/t30-,31-,32+,33+/m0/s1. The molecular formula is C52H53Cl4F2N13O8. The van der Waals surface area contributed by atoms with Crippen LogP contribution in [0, 0.1) is 0 Å². The summed E-state index contributed by atoms with van der Waals surface area (Å²) < 4.78 is 63.4. The number of hydrogen-bond donors (Lipinski definition) is 4. The Balaban J connectivity index is 0.884. The number of benzene rings is 2. The smallest absolute Gasteiger partial charge is 0.282 e. The maximum absolute atomic E-state index is 14.5. The lowest BCUT2D eigenvalue weighted by molar-refractivity contribution is -0.118. The van der Waals surface area contributed by atoms with E-state index in [0.29, 0.717) is 89.2 Å². The highest BCUT2D eigenvalue weighted by atomic mass is 35.5. The number of pyridine rings is 2. The summed E-state index contributed by atoms with van der Waals surface area (Å²) in [6.07, 6.45) is 5.60. The van der Waals surface area contributed by atoms with E-state index in [9.17, 15) is 18.4 Å². The predicted molar refractivity (Wildman–Crippen MR) is 297 cm³/mol. The molecular weight excluding hydrogens is 1110 g/mol. The van der Waals surface area contributed by atoms with E-state index in [1.165, 1.54) is 38.4 Å². The number of carbonyl (C=O) groups excluding carboxylic acids is 2. The fraction of sp³-hybridized carbons (Fsp3) is 0.385. The summed E-state index contributed by atoms with van der Waals surface area (Å²) in [5, 5.41) is 14.1. The largest absolute Gasteiger partial charge is 0.495 e. The van der Waals surface area contributed by atoms with E-state index in [1.807, 2.05) is 7.05 Å². The van der Waals surface area contributed by atoms with Crippen molar-refractivity contribution in [3.63, 3.8) is 0 Å². The van der Waals surface area contributed by atoms with E-state index in [4.69, 9.17) is 94.8 Å². The van der Waals surface area contributed by atoms with Crippen LogP contribution in [0.25, 0.3) is 44.3 Å². The molecule has 4 aliphatic rings. The molecule has 4 atom stereocenters. The molecule has 0 unspecified atom stereocenters. The first-order valence-electron chi connectivity index (χ1n) is 24.8. The quantitative estimate of drug-likeness (QED) is 0.0567. The molecule has 8 heterocycles. The second-order valence-electron chi connectivity index (χ2n) is 19.1. The van der Waals surface area contributed by atoms with E-state index in [0.717, 1.165) is 0 Å². The van der Waals surface area contributed by atoms with Gasteiger partial charge in [-0.15, -0.1) is 0 Å². The zero-order chi connectivity index (χ0) is 55.9. The average Bonchev–Trinajstić information content (AvgIpc) is 4.22. The molecule has 4 aromatic heterocycles. The molecule has 4 aliphatic heterocycles. The van der Waals surface area contributed by atoms with Crippen LogP contribution in [-0.4, -0.2) is 177 Å². The molecule has 0 bridgehead atoms. The van der Waals surface area contributed by atoms with Gasteiger partial charge in [0.1, 0.15) is 40.6 Å². The summed E-state index contributed by atoms with van der Waals surface area (Å²) >= 11 is 28.0. The van der Waals surface area contributed by atoms with Crippen LogP contribution in [-0.2, 0) is 19.1 Å². The number of fused-ring (bicyclic) bond motifs is 2. The lowest BCUT2D eigenvalue weighted by Gasteiger charge is -2.45. The van der Waals surface area contributed by atoms with Gasteiger partial charge in [-0.1, -0.05) is 59.6 Å². The van der Waals surface area contributed by atoms with Crippen LogP contribution < -0.4 is 50.0 Å². The number of likely N-dealkylation sites (N-methyl/N-ethyl adjacent to an activating group) is 1. The highest BCUT2D eigenvalue weighted by Gasteiger charge is 2.46. The Morgan fingerprint density at radius 3 is 1.56 bits per heavy atom. The third-order valence-corrected chi connectivity index (χ3v) is 15.5. The van der Waals surface area contributed by atoms with Gasteiger partial charge in [-0.2, -0.15) is 0 Å². The first kappa shape index (κ1) is 55.5. The number of ether oxygens (including phenoxy) is 6. The number of nitrogens with one attached hydrogen (secondary N) is 4. The number of carbonyl (C=O) groups is 2. The molecule has 27 heteroatoms. The van der Waals surface area contributed by atoms with Crippen molar-refractivity contribution in [2.24, 2.45) is 0 Å². The number of rotatable bonds is 20. The summed E-state index contributed by atoms with van der Waals surface area (Å²) in [6.45, 7) is 8.71. The molecule has 79 heavy (non-hydrogen) atoms. The second-order valence-corrected chi connectivity index (χ2v) is 20.6. The number of methoxy groups -OCH3 is 3. The van der Waals surface area contributed by atoms with E-state index in [-0.39, 0.29) is 110 Å². The van der Waals surface area contributed by atoms with E-state index in [2.05, 4.69) is 54.2 Å². The number of amides is 2. The third-order valence-electron chi connectivity index (χ3n) is 14.0. The van der Waals surface area contributed by atoms with Gasteiger partial charge in [-0.25, -0.2) is 38.7 Å². The van der Waals surface area contributed by atoms with Crippen LogP contribution in [0.4, 0.5) is 32.3 Å². The van der Waals surface area contributed by atoms with Gasteiger partial charge in [0.15, 0.2) is 11.6 Å². The van der Waals surface area contributed by atoms with Gasteiger partial charge in [0.25, 0.3) is 5.92 Å². The minimum atomic E-state index is -2.94. The van der Waals surface area contributed by atoms with Gasteiger partial charge in [0, 0.05) is 72.1 Å². The Bertz CT molecular complexity index is 3350. The van der Waals surface area contributed by atoms with Crippen LogP contribution in [0.1, 0.15) is 0 Å². The number of halogens is 6. The Kier molecular flexibility index (Phi) is 16.2. The molecule has 0 spiro atoms. The number of hydrogen-bond acceptors (Lipinski definition) is 19. The number of anilines is 4. The Morgan fingerprint density at radius 2 is 1.11 bits per heavy atom. The minimum absolute atomic E-state index is 0.0290. The molecule has 10 rings (SSSR count). The Morgan fingerprint density at radius 1 is 0.684 bits per heavy atom. The Hall–Kier alpha value is -6.86. The van der Waals surface area contributed by atoms with Crippen molar-refractivity contribution in [2.75, 3.05) is 115 Å². The average molecular weight is 1170 g/mol. The fourth-order valence-corrected chi connectivity index (χ4v) is 11.0. The van der Waals surface area contributed by atoms with E-state index >= 15 is 0 Å². The molecule has 0 saturated carbocycles. The lowest BCUT2D eigenvalue weighted by Crippen LogP contribution is -2.59. The molecule has 0 radical (unpaired) electrons. The highest BCUT2D eigenvalue weighted by molar-refractivity contribution is 6.42. The molecule has 4 saturated heterocycles. The van der Waals surface area contributed by atoms with Gasteiger partial charge < -0.3 is 59.5 Å². The predicted octanol–water partition coefficient (Wildman–Crippen LogP) is 6.95. The van der Waals surface area contributed by atoms with Crippen molar-refractivity contribution in [2.45, 2.75) is 36.1 Å². The SMILES string of the molecule is C=CC(=O)N[C@H]1COC[C@H]1Nc1ncc2cc(-c3c(Cl)c(OC)cc(OC)c3Cl)nc(N3CC(N(C)CCOc4cc(OC)c(Cl)c(-c5cc6cnc(N[C@@H]7COC[C@@H]7NC(=O)C=C)nc6c(N6CC(F)(F)C6)n5)c4Cl)C3)c2n1. The molecule has 6 aromatic rings. The van der Waals surface area contributed by atoms with Crippen LogP contribution in [0.3, 0.4) is 0 Å². The van der Waals surface area contributed by atoms with Crippen molar-refractivity contribution in [3.05, 3.63) is 82.1 Å². The zero-order valence-corrected chi connectivity index (χ0v) is 46.1. The fourth-order valence-electron chi connectivity index (χ4n) is 9.60. The summed E-state index contributed by atoms with van der Waals surface area (Å²) in [7, 11) is 6.42. The summed E-state index contributed by atoms with van der Waals surface area (Å²) in [6, 6.07) is 5.23. The number of alkyl halides is 2. The van der Waals surface area contributed by atoms with Crippen LogP contribution >= 0.6 is 46.4 Å². The van der Waals surface area contributed by atoms with Gasteiger partial charge in [-0.05, 0) is 31.3 Å². The van der Waals surface area contributed by atoms with Crippen molar-refractivity contribution < 1.29 is 46.8 Å². The molecule has 4 fully saturated rings. The number of aromatic nitrogens is 6. The zero-order valence-electron chi connectivity index (χ0n) is 43.0. The monoisotopic (exact) mass is 1170 g/mol. The minimum Gasteiger partial charge on any atom is -0.495 e. The van der Waals surface area contributed by atoms with E-state index in [1.54, 1.807) is 36.7 Å². The molecule has 2 amide bonds. The van der Waals surface area contributed by atoms with Crippen LogP contribution in [0.15, 0.2) is 62.0 Å². The van der Waals surface area contributed by atoms with Gasteiger partial charge in [0.05, 0.1) is 116 Å². The molecule has 21 nitrogen and oxygen atoms in total. The maximum Gasteiger partial charge on any atom is 0.282 e.